The molecule has 0 radical (unpaired) electrons. The molecule has 0 saturated heterocycles. The van der Waals surface area contributed by atoms with Crippen molar-refractivity contribution in [3.8, 4) is 11.5 Å². The number of nitrogens with zero attached hydrogens (tertiary/aromatic N) is 2. The summed E-state index contributed by atoms with van der Waals surface area (Å²) in [5.74, 6) is 0.377. The molecule has 2 heterocycles. The van der Waals surface area contributed by atoms with E-state index in [1.54, 1.807) is 18.2 Å². The summed E-state index contributed by atoms with van der Waals surface area (Å²) in [6.45, 7) is 1.15. The number of hydrazone groups is 1. The van der Waals surface area contributed by atoms with Gasteiger partial charge in [-0.1, -0.05) is 36.4 Å². The minimum absolute atomic E-state index is 0.350. The van der Waals surface area contributed by atoms with E-state index in [9.17, 15) is 9.59 Å². The van der Waals surface area contributed by atoms with Gasteiger partial charge in [-0.05, 0) is 29.3 Å². The van der Waals surface area contributed by atoms with Gasteiger partial charge >= 0.3 is 5.97 Å². The van der Waals surface area contributed by atoms with E-state index in [1.165, 1.54) is 11.1 Å². The lowest BCUT2D eigenvalue weighted by Crippen LogP contribution is -2.28. The minimum atomic E-state index is -0.598. The first kappa shape index (κ1) is 18.7. The highest BCUT2D eigenvalue weighted by Crippen LogP contribution is 2.31. The van der Waals surface area contributed by atoms with Crippen molar-refractivity contribution in [2.75, 3.05) is 26.4 Å². The zero-order valence-electron chi connectivity index (χ0n) is 15.7. The highest BCUT2D eigenvalue weighted by molar-refractivity contribution is 6.02. The van der Waals surface area contributed by atoms with Crippen molar-refractivity contribution in [3.05, 3.63) is 65.7 Å². The second kappa shape index (κ2) is 8.60. The van der Waals surface area contributed by atoms with Crippen LogP contribution in [-0.2, 0) is 14.3 Å². The predicted molar refractivity (Wildman–Crippen MR) is 107 cm³/mol. The summed E-state index contributed by atoms with van der Waals surface area (Å²) in [6.07, 6.45) is 3.56. The van der Waals surface area contributed by atoms with Crippen molar-refractivity contribution >= 4 is 23.7 Å². The summed E-state index contributed by atoms with van der Waals surface area (Å²) < 4.78 is 16.0. The van der Waals surface area contributed by atoms with E-state index in [-0.39, 0.29) is 12.5 Å². The van der Waals surface area contributed by atoms with Gasteiger partial charge in [-0.3, -0.25) is 4.79 Å². The minimum Gasteiger partial charge on any atom is -0.486 e. The Labute approximate surface area is 168 Å². The molecular formula is C22H20N2O5. The zero-order chi connectivity index (χ0) is 20.1. The normalized spacial score (nSPS) is 15.3. The van der Waals surface area contributed by atoms with E-state index in [0.717, 1.165) is 16.8 Å². The molecule has 0 aliphatic carbocycles. The predicted octanol–water partition coefficient (Wildman–Crippen LogP) is 2.65. The first-order chi connectivity index (χ1) is 14.2. The standard InChI is InChI=1S/C22H20N2O5/c25-21(24-11-10-18(23-24)17-4-2-1-3-5-17)15-29-22(26)9-7-16-6-8-19-20(14-16)28-13-12-27-19/h1-9,14H,10-13,15H2/b9-7+. The second-order valence-corrected chi connectivity index (χ2v) is 6.52. The van der Waals surface area contributed by atoms with E-state index >= 15 is 0 Å². The van der Waals surface area contributed by atoms with Crippen molar-refractivity contribution in [1.29, 1.82) is 0 Å². The van der Waals surface area contributed by atoms with Crippen LogP contribution in [0, 0.1) is 0 Å². The Bertz CT molecular complexity index is 968. The summed E-state index contributed by atoms with van der Waals surface area (Å²) in [5, 5.41) is 5.68. The van der Waals surface area contributed by atoms with Crippen LogP contribution in [0.2, 0.25) is 0 Å². The third-order valence-electron chi connectivity index (χ3n) is 4.51. The molecule has 2 aromatic rings. The highest BCUT2D eigenvalue weighted by Gasteiger charge is 2.22. The Morgan fingerprint density at radius 3 is 2.69 bits per heavy atom. The fourth-order valence-electron chi connectivity index (χ4n) is 3.05. The van der Waals surface area contributed by atoms with Crippen molar-refractivity contribution in [3.63, 3.8) is 0 Å². The summed E-state index contributed by atoms with van der Waals surface area (Å²) in [4.78, 5) is 24.2. The molecule has 2 aliphatic rings. The van der Waals surface area contributed by atoms with Crippen LogP contribution in [0.1, 0.15) is 17.5 Å². The van der Waals surface area contributed by atoms with Crippen LogP contribution in [0.5, 0.6) is 11.5 Å². The molecule has 4 rings (SSSR count). The van der Waals surface area contributed by atoms with E-state index in [4.69, 9.17) is 14.2 Å². The van der Waals surface area contributed by atoms with E-state index < -0.39 is 5.97 Å². The Kier molecular flexibility index (Phi) is 5.56. The quantitative estimate of drug-likeness (QED) is 0.578. The molecule has 0 aromatic heterocycles. The summed E-state index contributed by atoms with van der Waals surface area (Å²) in [7, 11) is 0. The van der Waals surface area contributed by atoms with Gasteiger partial charge in [0.2, 0.25) is 0 Å². The average molecular weight is 392 g/mol. The number of esters is 1. The molecule has 0 spiro atoms. The SMILES string of the molecule is O=C(/C=C/c1ccc2c(c1)OCCO2)OCC(=O)N1CCC(c2ccccc2)=N1. The largest absolute Gasteiger partial charge is 0.486 e. The van der Waals surface area contributed by atoms with Crippen molar-refractivity contribution in [2.24, 2.45) is 5.10 Å². The Hall–Kier alpha value is -3.61. The van der Waals surface area contributed by atoms with Crippen LogP contribution in [0.15, 0.2) is 59.7 Å². The molecule has 2 aromatic carbocycles. The lowest BCUT2D eigenvalue weighted by Gasteiger charge is -2.18. The summed E-state index contributed by atoms with van der Waals surface area (Å²) in [6, 6.07) is 15.1. The molecule has 0 fully saturated rings. The number of ether oxygens (including phenoxy) is 3. The van der Waals surface area contributed by atoms with Crippen LogP contribution in [0.4, 0.5) is 0 Å². The van der Waals surface area contributed by atoms with Crippen LogP contribution < -0.4 is 9.47 Å². The molecule has 7 heteroatoms. The Morgan fingerprint density at radius 1 is 1.07 bits per heavy atom. The fourth-order valence-corrected chi connectivity index (χ4v) is 3.05. The van der Waals surface area contributed by atoms with Gasteiger partial charge in [0.25, 0.3) is 5.91 Å². The molecule has 0 unspecified atom stereocenters. The highest BCUT2D eigenvalue weighted by atomic mass is 16.6. The number of hydrogen-bond acceptors (Lipinski definition) is 6. The molecule has 0 N–H and O–H groups in total. The number of amides is 1. The van der Waals surface area contributed by atoms with Gasteiger partial charge in [-0.25, -0.2) is 9.80 Å². The van der Waals surface area contributed by atoms with Gasteiger partial charge in [0, 0.05) is 12.5 Å². The molecule has 0 atom stereocenters. The first-order valence-electron chi connectivity index (χ1n) is 9.37. The molecule has 0 saturated carbocycles. The monoisotopic (exact) mass is 392 g/mol. The third-order valence-corrected chi connectivity index (χ3v) is 4.51. The maximum Gasteiger partial charge on any atom is 0.331 e. The van der Waals surface area contributed by atoms with Gasteiger partial charge in [0.1, 0.15) is 13.2 Å². The lowest BCUT2D eigenvalue weighted by molar-refractivity contribution is -0.147. The molecular weight excluding hydrogens is 372 g/mol. The van der Waals surface area contributed by atoms with Gasteiger partial charge in [0.05, 0.1) is 12.3 Å². The zero-order valence-corrected chi connectivity index (χ0v) is 15.7. The molecule has 148 valence electrons. The Balaban J connectivity index is 1.29. The molecule has 2 aliphatic heterocycles. The second-order valence-electron chi connectivity index (χ2n) is 6.52. The molecule has 29 heavy (non-hydrogen) atoms. The number of carbonyl (C=O) groups excluding carboxylic acids is 2. The number of fused-ring (bicyclic) bond motifs is 1. The maximum atomic E-state index is 12.2. The Morgan fingerprint density at radius 2 is 1.86 bits per heavy atom. The topological polar surface area (TPSA) is 77.4 Å². The summed E-state index contributed by atoms with van der Waals surface area (Å²) >= 11 is 0. The number of rotatable bonds is 5. The van der Waals surface area contributed by atoms with E-state index in [1.807, 2.05) is 36.4 Å². The molecule has 7 nitrogen and oxygen atoms in total. The van der Waals surface area contributed by atoms with Crippen molar-refractivity contribution in [2.45, 2.75) is 6.42 Å². The number of benzene rings is 2. The lowest BCUT2D eigenvalue weighted by atomic mass is 10.1. The summed E-state index contributed by atoms with van der Waals surface area (Å²) in [5.41, 5.74) is 2.61. The van der Waals surface area contributed by atoms with Crippen LogP contribution in [-0.4, -0.2) is 49.0 Å². The van der Waals surface area contributed by atoms with Gasteiger partial charge in [-0.15, -0.1) is 0 Å². The molecule has 0 bridgehead atoms. The van der Waals surface area contributed by atoms with E-state index in [2.05, 4.69) is 5.10 Å². The van der Waals surface area contributed by atoms with Crippen LogP contribution in [0.3, 0.4) is 0 Å². The average Bonchev–Trinajstić information content (AvgIpc) is 3.27. The smallest absolute Gasteiger partial charge is 0.331 e. The van der Waals surface area contributed by atoms with Gasteiger partial charge in [-0.2, -0.15) is 5.10 Å². The van der Waals surface area contributed by atoms with Crippen molar-refractivity contribution in [1.82, 2.24) is 5.01 Å². The van der Waals surface area contributed by atoms with Crippen LogP contribution in [0.25, 0.3) is 6.08 Å². The van der Waals surface area contributed by atoms with E-state index in [0.29, 0.717) is 37.7 Å². The fraction of sp³-hybridized carbons (Fsp3) is 0.227. The van der Waals surface area contributed by atoms with Crippen molar-refractivity contribution < 1.29 is 23.8 Å². The van der Waals surface area contributed by atoms with Gasteiger partial charge < -0.3 is 14.2 Å². The molecule has 1 amide bonds. The number of carbonyl (C=O) groups is 2. The van der Waals surface area contributed by atoms with Crippen LogP contribution >= 0.6 is 0 Å². The maximum absolute atomic E-state index is 12.2. The van der Waals surface area contributed by atoms with Gasteiger partial charge in [0.15, 0.2) is 18.1 Å². The number of hydrogen-bond donors (Lipinski definition) is 0. The first-order valence-corrected chi connectivity index (χ1v) is 9.37. The third kappa shape index (κ3) is 4.63.